The van der Waals surface area contributed by atoms with Gasteiger partial charge in [0, 0.05) is 19.6 Å². The normalized spacial score (nSPS) is 22.7. The molecule has 2 fully saturated rings. The largest absolute Gasteiger partial charge is 0.356 e. The number of hydrogen-bond donors (Lipinski definition) is 2. The molecule has 0 amide bonds. The molecule has 2 aliphatic carbocycles. The van der Waals surface area contributed by atoms with Crippen molar-refractivity contribution in [2.45, 2.75) is 52.0 Å². The minimum Gasteiger partial charge on any atom is -0.356 e. The van der Waals surface area contributed by atoms with E-state index in [9.17, 15) is 0 Å². The van der Waals surface area contributed by atoms with Crippen LogP contribution in [0, 0.1) is 11.3 Å². The van der Waals surface area contributed by atoms with Crippen LogP contribution < -0.4 is 10.6 Å². The van der Waals surface area contributed by atoms with Gasteiger partial charge in [-0.2, -0.15) is 0 Å². The molecule has 2 rings (SSSR count). The molecule has 0 spiro atoms. The lowest BCUT2D eigenvalue weighted by atomic mass is 9.65. The highest BCUT2D eigenvalue weighted by atomic mass is 127. The lowest BCUT2D eigenvalue weighted by Gasteiger charge is -2.43. The lowest BCUT2D eigenvalue weighted by molar-refractivity contribution is 0.106. The van der Waals surface area contributed by atoms with Crippen LogP contribution >= 0.6 is 24.0 Å². The van der Waals surface area contributed by atoms with Gasteiger partial charge in [-0.25, -0.2) is 0 Å². The summed E-state index contributed by atoms with van der Waals surface area (Å²) < 4.78 is 0. The van der Waals surface area contributed by atoms with Crippen molar-refractivity contribution in [2.24, 2.45) is 16.3 Å². The van der Waals surface area contributed by atoms with Crippen LogP contribution in [0.4, 0.5) is 0 Å². The third-order valence-corrected chi connectivity index (χ3v) is 4.05. The molecule has 0 unspecified atom stereocenters. The van der Waals surface area contributed by atoms with Crippen LogP contribution in [0.15, 0.2) is 4.99 Å². The molecule has 0 radical (unpaired) electrons. The lowest BCUT2D eigenvalue weighted by Crippen LogP contribution is -2.48. The molecule has 2 N–H and O–H groups in total. The Morgan fingerprint density at radius 2 is 2.00 bits per heavy atom. The van der Waals surface area contributed by atoms with E-state index in [1.165, 1.54) is 32.1 Å². The monoisotopic (exact) mass is 351 g/mol. The smallest absolute Gasteiger partial charge is 0.191 e. The van der Waals surface area contributed by atoms with Crippen molar-refractivity contribution < 1.29 is 0 Å². The Balaban J connectivity index is 0.00000144. The van der Waals surface area contributed by atoms with E-state index in [-0.39, 0.29) is 24.0 Å². The molecule has 0 aliphatic heterocycles. The SMILES string of the molecule is CN=C(NCC1(C2CC2)CCC1)NC(C)C.I. The molecule has 2 aliphatic rings. The zero-order chi connectivity index (χ0) is 11.6. The van der Waals surface area contributed by atoms with E-state index in [0.717, 1.165) is 18.4 Å². The van der Waals surface area contributed by atoms with Crippen LogP contribution in [-0.2, 0) is 0 Å². The molecule has 0 heterocycles. The highest BCUT2D eigenvalue weighted by molar-refractivity contribution is 14.0. The fourth-order valence-electron chi connectivity index (χ4n) is 2.78. The first kappa shape index (κ1) is 15.1. The van der Waals surface area contributed by atoms with Crippen molar-refractivity contribution in [3.05, 3.63) is 0 Å². The summed E-state index contributed by atoms with van der Waals surface area (Å²) in [6, 6.07) is 0.449. The quantitative estimate of drug-likeness (QED) is 0.464. The van der Waals surface area contributed by atoms with Crippen molar-refractivity contribution in [1.82, 2.24) is 10.6 Å². The zero-order valence-corrected chi connectivity index (χ0v) is 13.6. The molecule has 3 nitrogen and oxygen atoms in total. The molecular formula is C13H26IN3. The van der Waals surface area contributed by atoms with Gasteiger partial charge in [0.25, 0.3) is 0 Å². The van der Waals surface area contributed by atoms with Crippen LogP contribution in [0.2, 0.25) is 0 Å². The second kappa shape index (κ2) is 6.25. The second-order valence-electron chi connectivity index (χ2n) is 5.72. The average molecular weight is 351 g/mol. The average Bonchev–Trinajstić information content (AvgIpc) is 2.97. The van der Waals surface area contributed by atoms with E-state index in [2.05, 4.69) is 29.5 Å². The second-order valence-corrected chi connectivity index (χ2v) is 5.72. The van der Waals surface area contributed by atoms with Gasteiger partial charge in [-0.3, -0.25) is 4.99 Å². The Kier molecular flexibility index (Phi) is 5.54. The van der Waals surface area contributed by atoms with Gasteiger partial charge in [0.05, 0.1) is 0 Å². The minimum absolute atomic E-state index is 0. The van der Waals surface area contributed by atoms with Crippen molar-refractivity contribution >= 4 is 29.9 Å². The third-order valence-electron chi connectivity index (χ3n) is 4.05. The molecule has 100 valence electrons. The molecule has 0 saturated heterocycles. The van der Waals surface area contributed by atoms with E-state index in [1.807, 2.05) is 7.05 Å². The maximum atomic E-state index is 4.26. The van der Waals surface area contributed by atoms with Crippen LogP contribution in [0.5, 0.6) is 0 Å². The summed E-state index contributed by atoms with van der Waals surface area (Å²) in [4.78, 5) is 4.26. The van der Waals surface area contributed by atoms with E-state index in [0.29, 0.717) is 11.5 Å². The predicted molar refractivity (Wildman–Crippen MR) is 84.1 cm³/mol. The van der Waals surface area contributed by atoms with Gasteiger partial charge in [0.2, 0.25) is 0 Å². The molecule has 4 heteroatoms. The summed E-state index contributed by atoms with van der Waals surface area (Å²) in [5, 5.41) is 6.85. The Hall–Kier alpha value is 0. The summed E-state index contributed by atoms with van der Waals surface area (Å²) >= 11 is 0. The molecule has 0 aromatic heterocycles. The van der Waals surface area contributed by atoms with Gasteiger partial charge >= 0.3 is 0 Å². The van der Waals surface area contributed by atoms with Crippen molar-refractivity contribution in [2.75, 3.05) is 13.6 Å². The Bertz CT molecular complexity index is 268. The maximum absolute atomic E-state index is 4.26. The Morgan fingerprint density at radius 1 is 1.35 bits per heavy atom. The first-order valence-corrected chi connectivity index (χ1v) is 6.63. The first-order chi connectivity index (χ1) is 7.66. The molecule has 17 heavy (non-hydrogen) atoms. The highest BCUT2D eigenvalue weighted by Gasteiger charge is 2.48. The van der Waals surface area contributed by atoms with Gasteiger partial charge < -0.3 is 10.6 Å². The number of halogens is 1. The highest BCUT2D eigenvalue weighted by Crippen LogP contribution is 2.56. The number of nitrogens with zero attached hydrogens (tertiary/aromatic N) is 1. The van der Waals surface area contributed by atoms with E-state index in [4.69, 9.17) is 0 Å². The predicted octanol–water partition coefficient (Wildman–Crippen LogP) is 2.76. The number of aliphatic imine (C=N–C) groups is 1. The summed E-state index contributed by atoms with van der Waals surface area (Å²) in [6.07, 6.45) is 7.18. The summed E-state index contributed by atoms with van der Waals surface area (Å²) in [7, 11) is 1.85. The van der Waals surface area contributed by atoms with Crippen LogP contribution in [0.1, 0.15) is 46.0 Å². The summed E-state index contributed by atoms with van der Waals surface area (Å²) in [5.41, 5.74) is 0.620. The van der Waals surface area contributed by atoms with Crippen LogP contribution in [0.25, 0.3) is 0 Å². The third kappa shape index (κ3) is 3.73. The van der Waals surface area contributed by atoms with Gasteiger partial charge in [0.15, 0.2) is 5.96 Å². The molecule has 0 aromatic carbocycles. The van der Waals surface area contributed by atoms with E-state index < -0.39 is 0 Å². The molecule has 2 saturated carbocycles. The molecule has 0 bridgehead atoms. The minimum atomic E-state index is 0. The van der Waals surface area contributed by atoms with Crippen LogP contribution in [-0.4, -0.2) is 25.6 Å². The van der Waals surface area contributed by atoms with Gasteiger partial charge in [-0.1, -0.05) is 6.42 Å². The maximum Gasteiger partial charge on any atom is 0.191 e. The van der Waals surface area contributed by atoms with Gasteiger partial charge in [-0.05, 0) is 50.9 Å². The number of rotatable bonds is 4. The van der Waals surface area contributed by atoms with Crippen molar-refractivity contribution in [1.29, 1.82) is 0 Å². The Labute approximate surface area is 122 Å². The van der Waals surface area contributed by atoms with Crippen molar-refractivity contribution in [3.63, 3.8) is 0 Å². The van der Waals surface area contributed by atoms with Crippen LogP contribution in [0.3, 0.4) is 0 Å². The summed E-state index contributed by atoms with van der Waals surface area (Å²) in [6.45, 7) is 5.41. The topological polar surface area (TPSA) is 36.4 Å². The van der Waals surface area contributed by atoms with Gasteiger partial charge in [0.1, 0.15) is 0 Å². The fourth-order valence-corrected chi connectivity index (χ4v) is 2.78. The number of guanidine groups is 1. The molecular weight excluding hydrogens is 325 g/mol. The number of hydrogen-bond acceptors (Lipinski definition) is 1. The molecule has 0 aromatic rings. The summed E-state index contributed by atoms with van der Waals surface area (Å²) in [5.74, 6) is 1.97. The Morgan fingerprint density at radius 3 is 2.35 bits per heavy atom. The first-order valence-electron chi connectivity index (χ1n) is 6.63. The van der Waals surface area contributed by atoms with Gasteiger partial charge in [-0.15, -0.1) is 24.0 Å². The van der Waals surface area contributed by atoms with Crippen molar-refractivity contribution in [3.8, 4) is 0 Å². The molecule has 0 atom stereocenters. The standard InChI is InChI=1S/C13H25N3.HI/c1-10(2)16-12(14-3)15-9-13(7-4-8-13)11-5-6-11;/h10-11H,4-9H2,1-3H3,(H2,14,15,16);1H. The van der Waals surface area contributed by atoms with E-state index >= 15 is 0 Å². The van der Waals surface area contributed by atoms with E-state index in [1.54, 1.807) is 0 Å². The number of nitrogens with one attached hydrogen (secondary N) is 2. The fraction of sp³-hybridized carbons (Fsp3) is 0.923. The zero-order valence-electron chi connectivity index (χ0n) is 11.3.